The van der Waals surface area contributed by atoms with Crippen LogP contribution in [0, 0.1) is 0 Å². The van der Waals surface area contributed by atoms with Gasteiger partial charge in [0.1, 0.15) is 0 Å². The molecule has 2 aliphatic heterocycles. The molecule has 5 heteroatoms. The molecule has 2 aromatic heterocycles. The van der Waals surface area contributed by atoms with Crippen molar-refractivity contribution in [3.8, 4) is 22.3 Å². The van der Waals surface area contributed by atoms with Crippen molar-refractivity contribution in [1.82, 2.24) is 4.40 Å². The van der Waals surface area contributed by atoms with Gasteiger partial charge in [-0.2, -0.15) is 0 Å². The highest BCUT2D eigenvalue weighted by atomic mass is 15.2. The molecule has 0 fully saturated rings. The quantitative estimate of drug-likeness (QED) is 0.148. The Bertz CT molecular complexity index is 4120. The van der Waals surface area contributed by atoms with Gasteiger partial charge in [0, 0.05) is 67.0 Å². The third kappa shape index (κ3) is 6.00. The zero-order valence-corrected chi connectivity index (χ0v) is 38.7. The van der Waals surface area contributed by atoms with E-state index < -0.39 is 0 Å². The lowest BCUT2D eigenvalue weighted by molar-refractivity contribution is 1.23. The molecule has 0 radical (unpaired) electrons. The van der Waals surface area contributed by atoms with E-state index in [2.05, 4.69) is 280 Å². The number of anilines is 9. The fourth-order valence-corrected chi connectivity index (χ4v) is 12.0. The lowest BCUT2D eigenvalue weighted by Crippen LogP contribution is -2.61. The minimum Gasteiger partial charge on any atom is -0.311 e. The van der Waals surface area contributed by atoms with Gasteiger partial charge in [0.25, 0.3) is 6.71 Å². The van der Waals surface area contributed by atoms with E-state index in [1.165, 1.54) is 88.1 Å². The molecular formula is C66H43BN4. The molecule has 71 heavy (non-hydrogen) atoms. The number of fused-ring (bicyclic) bond motifs is 10. The van der Waals surface area contributed by atoms with Crippen LogP contribution in [-0.2, 0) is 0 Å². The van der Waals surface area contributed by atoms with Crippen molar-refractivity contribution in [1.29, 1.82) is 0 Å². The number of hydrogen-bond donors (Lipinski definition) is 0. The van der Waals surface area contributed by atoms with Crippen LogP contribution in [-0.4, -0.2) is 11.1 Å². The van der Waals surface area contributed by atoms with Gasteiger partial charge >= 0.3 is 0 Å². The van der Waals surface area contributed by atoms with Crippen molar-refractivity contribution in [3.63, 3.8) is 0 Å². The van der Waals surface area contributed by atoms with Crippen LogP contribution < -0.4 is 31.1 Å². The molecule has 0 spiro atoms. The third-order valence-electron chi connectivity index (χ3n) is 15.0. The molecule has 0 saturated heterocycles. The van der Waals surface area contributed by atoms with E-state index in [1.54, 1.807) is 0 Å². The summed E-state index contributed by atoms with van der Waals surface area (Å²) >= 11 is 0. The first-order chi connectivity index (χ1) is 35.2. The highest BCUT2D eigenvalue weighted by Crippen LogP contribution is 2.50. The summed E-state index contributed by atoms with van der Waals surface area (Å²) in [5, 5.41) is 5.11. The Morgan fingerprint density at radius 1 is 0.296 bits per heavy atom. The van der Waals surface area contributed by atoms with Crippen LogP contribution in [0.15, 0.2) is 261 Å². The van der Waals surface area contributed by atoms with Gasteiger partial charge in [0.05, 0.1) is 22.2 Å². The first-order valence-electron chi connectivity index (χ1n) is 24.5. The van der Waals surface area contributed by atoms with Crippen LogP contribution in [0.3, 0.4) is 0 Å². The van der Waals surface area contributed by atoms with Gasteiger partial charge in [-0.1, -0.05) is 182 Å². The summed E-state index contributed by atoms with van der Waals surface area (Å²) < 4.78 is 2.52. The lowest BCUT2D eigenvalue weighted by atomic mass is 9.33. The van der Waals surface area contributed by atoms with Crippen LogP contribution in [0.4, 0.5) is 51.2 Å². The Balaban J connectivity index is 1.08. The lowest BCUT2D eigenvalue weighted by Gasteiger charge is -2.45. The molecule has 13 aromatic rings. The van der Waals surface area contributed by atoms with Crippen molar-refractivity contribution < 1.29 is 0 Å². The molecule has 0 bridgehead atoms. The van der Waals surface area contributed by atoms with E-state index in [0.29, 0.717) is 0 Å². The maximum absolute atomic E-state index is 2.55. The fraction of sp³-hybridized carbons (Fsp3) is 0. The minimum atomic E-state index is -0.106. The number of nitrogens with zero attached hydrogens (tertiary/aromatic N) is 4. The molecule has 4 nitrogen and oxygen atoms in total. The van der Waals surface area contributed by atoms with E-state index in [4.69, 9.17) is 0 Å². The van der Waals surface area contributed by atoms with Gasteiger partial charge < -0.3 is 19.1 Å². The summed E-state index contributed by atoms with van der Waals surface area (Å²) in [6.07, 6.45) is 0. The van der Waals surface area contributed by atoms with Crippen molar-refractivity contribution in [2.45, 2.75) is 0 Å². The van der Waals surface area contributed by atoms with E-state index in [-0.39, 0.29) is 6.71 Å². The molecule has 0 aliphatic carbocycles. The number of para-hydroxylation sites is 5. The molecule has 15 rings (SSSR count). The second-order valence-corrected chi connectivity index (χ2v) is 18.9. The number of hydrogen-bond acceptors (Lipinski definition) is 3. The molecule has 4 heterocycles. The first kappa shape index (κ1) is 39.7. The van der Waals surface area contributed by atoms with E-state index in [9.17, 15) is 0 Å². The Labute approximate surface area is 412 Å². The van der Waals surface area contributed by atoms with Crippen LogP contribution in [0.1, 0.15) is 0 Å². The van der Waals surface area contributed by atoms with Crippen molar-refractivity contribution in [2.24, 2.45) is 0 Å². The zero-order valence-electron chi connectivity index (χ0n) is 38.7. The van der Waals surface area contributed by atoms with Crippen LogP contribution >= 0.6 is 0 Å². The summed E-state index contributed by atoms with van der Waals surface area (Å²) in [6.45, 7) is -0.106. The second-order valence-electron chi connectivity index (χ2n) is 18.9. The summed E-state index contributed by atoms with van der Waals surface area (Å²) in [6, 6.07) is 96.2. The third-order valence-corrected chi connectivity index (χ3v) is 15.0. The summed E-state index contributed by atoms with van der Waals surface area (Å²) in [5.74, 6) is 0. The van der Waals surface area contributed by atoms with Crippen molar-refractivity contribution in [2.75, 3.05) is 14.7 Å². The highest BCUT2D eigenvalue weighted by Gasteiger charge is 2.45. The smallest absolute Gasteiger partial charge is 0.252 e. The average molecular weight is 903 g/mol. The molecule has 0 unspecified atom stereocenters. The molecule has 0 atom stereocenters. The molecule has 0 saturated carbocycles. The Kier molecular flexibility index (Phi) is 8.72. The van der Waals surface area contributed by atoms with Gasteiger partial charge in [0.15, 0.2) is 0 Å². The van der Waals surface area contributed by atoms with Crippen molar-refractivity contribution in [3.05, 3.63) is 261 Å². The maximum atomic E-state index is 2.55. The largest absolute Gasteiger partial charge is 0.311 e. The van der Waals surface area contributed by atoms with Gasteiger partial charge in [-0.15, -0.1) is 0 Å². The van der Waals surface area contributed by atoms with Crippen LogP contribution in [0.5, 0.6) is 0 Å². The fourth-order valence-electron chi connectivity index (χ4n) is 12.0. The van der Waals surface area contributed by atoms with Crippen LogP contribution in [0.25, 0.3) is 60.3 Å². The molecule has 0 N–H and O–H groups in total. The Morgan fingerprint density at radius 3 is 1.45 bits per heavy atom. The van der Waals surface area contributed by atoms with E-state index in [0.717, 1.165) is 39.8 Å². The zero-order chi connectivity index (χ0) is 46.6. The van der Waals surface area contributed by atoms with Gasteiger partial charge in [0.2, 0.25) is 0 Å². The van der Waals surface area contributed by atoms with Gasteiger partial charge in [-0.3, -0.25) is 0 Å². The molecule has 0 amide bonds. The molecular weight excluding hydrogens is 860 g/mol. The van der Waals surface area contributed by atoms with Crippen LogP contribution in [0.2, 0.25) is 0 Å². The molecule has 11 aromatic carbocycles. The highest BCUT2D eigenvalue weighted by molar-refractivity contribution is 7.00. The Hall–Kier alpha value is -9.32. The summed E-state index contributed by atoms with van der Waals surface area (Å²) in [7, 11) is 0. The van der Waals surface area contributed by atoms with Gasteiger partial charge in [-0.25, -0.2) is 0 Å². The SMILES string of the molecule is c1ccc(-c2ccc(N3c4ccc(-c5ccccc5)cc4B4c5cc6c7cccc8c9ccccc9n(c6cc5N(c5ccccc5)c5cc(N(c6ccccc6)c6ccccc6)cc3c54)c87)cc2)cc1. The summed E-state index contributed by atoms with van der Waals surface area (Å²) in [5.41, 5.74) is 22.4. The topological polar surface area (TPSA) is 14.1 Å². The molecule has 2 aliphatic rings. The van der Waals surface area contributed by atoms with Crippen molar-refractivity contribution >= 4 is 112 Å². The van der Waals surface area contributed by atoms with E-state index in [1.807, 2.05) is 0 Å². The summed E-state index contributed by atoms with van der Waals surface area (Å²) in [4.78, 5) is 7.50. The predicted molar refractivity (Wildman–Crippen MR) is 301 cm³/mol. The number of rotatable bonds is 7. The predicted octanol–water partition coefficient (Wildman–Crippen LogP) is 15.7. The maximum Gasteiger partial charge on any atom is 0.252 e. The first-order valence-corrected chi connectivity index (χ1v) is 24.5. The Morgan fingerprint density at radius 2 is 0.789 bits per heavy atom. The standard InChI is InChI=1S/C66H43BN4/c1-6-19-44(20-7-1)46-33-36-51(37-34-46)69-60-38-35-47(45-21-8-2-9-22-45)39-57(60)67-58-42-56-55-31-18-30-54-53-29-16-17-32-59(53)71(66(54)55)61(56)43-62(58)70(50-27-14-5-15-28-50)64-41-52(40-63(69)65(64)67)68(48-23-10-3-11-24-48)49-25-12-4-13-26-49/h1-43H. The average Bonchev–Trinajstić information content (AvgIpc) is 3.96. The second kappa shape index (κ2) is 15.6. The van der Waals surface area contributed by atoms with E-state index >= 15 is 0 Å². The molecule has 330 valence electrons. The minimum absolute atomic E-state index is 0.106. The van der Waals surface area contributed by atoms with Gasteiger partial charge in [-0.05, 0) is 118 Å². The number of aromatic nitrogens is 1. The number of benzene rings is 11. The monoisotopic (exact) mass is 902 g/mol. The normalized spacial score (nSPS) is 12.7.